The molecule has 1 N–H and O–H groups in total. The summed E-state index contributed by atoms with van der Waals surface area (Å²) in [5.74, 6) is 0.550. The van der Waals surface area contributed by atoms with Gasteiger partial charge in [-0.1, -0.05) is 0 Å². The molecule has 0 spiro atoms. The maximum atomic E-state index is 12.6. The van der Waals surface area contributed by atoms with Crippen LogP contribution in [-0.2, 0) is 0 Å². The third-order valence-corrected chi connectivity index (χ3v) is 3.97. The Morgan fingerprint density at radius 1 is 1.16 bits per heavy atom. The number of hydrogen-bond donors (Lipinski definition) is 1. The Labute approximate surface area is 144 Å². The van der Waals surface area contributed by atoms with Gasteiger partial charge in [-0.3, -0.25) is 4.79 Å². The molecule has 4 aromatic rings. The van der Waals surface area contributed by atoms with Gasteiger partial charge in [-0.05, 0) is 56.3 Å². The lowest BCUT2D eigenvalue weighted by Gasteiger charge is -2.06. The van der Waals surface area contributed by atoms with Gasteiger partial charge in [0, 0.05) is 22.6 Å². The maximum absolute atomic E-state index is 12.6. The fraction of sp³-hybridized carbons (Fsp3) is 0.105. The Kier molecular flexibility index (Phi) is 3.57. The van der Waals surface area contributed by atoms with Gasteiger partial charge in [-0.15, -0.1) is 0 Å². The van der Waals surface area contributed by atoms with E-state index in [1.807, 2.05) is 56.3 Å². The molecule has 6 nitrogen and oxygen atoms in total. The van der Waals surface area contributed by atoms with E-state index in [-0.39, 0.29) is 5.91 Å². The van der Waals surface area contributed by atoms with E-state index in [0.29, 0.717) is 16.9 Å². The van der Waals surface area contributed by atoms with Crippen LogP contribution in [0, 0.1) is 13.8 Å². The molecule has 1 amide bonds. The number of benzene rings is 1. The number of amides is 1. The van der Waals surface area contributed by atoms with Crippen LogP contribution in [0.25, 0.3) is 17.0 Å². The molecule has 3 heterocycles. The Hall–Kier alpha value is -3.41. The zero-order valence-electron chi connectivity index (χ0n) is 13.9. The molecule has 3 aromatic heterocycles. The summed E-state index contributed by atoms with van der Waals surface area (Å²) in [7, 11) is 0. The van der Waals surface area contributed by atoms with Crippen molar-refractivity contribution in [2.75, 3.05) is 5.32 Å². The van der Waals surface area contributed by atoms with Crippen LogP contribution >= 0.6 is 0 Å². The fourth-order valence-corrected chi connectivity index (χ4v) is 2.79. The highest BCUT2D eigenvalue weighted by atomic mass is 16.3. The SMILES string of the molecule is Cc1cc(C)n2ncc(C(=O)Nc3ccc(-c4ccco4)cc3)c2n1. The fourth-order valence-electron chi connectivity index (χ4n) is 2.79. The number of anilines is 1. The monoisotopic (exact) mass is 332 g/mol. The van der Waals surface area contributed by atoms with E-state index in [4.69, 9.17) is 4.42 Å². The molecular formula is C19H16N4O2. The standard InChI is InChI=1S/C19H16N4O2/c1-12-10-13(2)23-18(21-12)16(11-20-23)19(24)22-15-7-5-14(6-8-15)17-4-3-9-25-17/h3-11H,1-2H3,(H,22,24). The number of aryl methyl sites for hydroxylation is 2. The molecule has 0 aliphatic carbocycles. The highest BCUT2D eigenvalue weighted by Gasteiger charge is 2.15. The summed E-state index contributed by atoms with van der Waals surface area (Å²) < 4.78 is 7.03. The molecule has 4 rings (SSSR count). The summed E-state index contributed by atoms with van der Waals surface area (Å²) in [6.07, 6.45) is 3.18. The molecule has 124 valence electrons. The predicted octanol–water partition coefficient (Wildman–Crippen LogP) is 3.86. The highest BCUT2D eigenvalue weighted by Crippen LogP contribution is 2.22. The van der Waals surface area contributed by atoms with E-state index in [1.165, 1.54) is 0 Å². The number of aromatic nitrogens is 3. The lowest BCUT2D eigenvalue weighted by atomic mass is 10.1. The van der Waals surface area contributed by atoms with Crippen LogP contribution in [-0.4, -0.2) is 20.5 Å². The average molecular weight is 332 g/mol. The molecule has 0 aliphatic heterocycles. The van der Waals surface area contributed by atoms with E-state index in [1.54, 1.807) is 17.0 Å². The summed E-state index contributed by atoms with van der Waals surface area (Å²) in [4.78, 5) is 17.0. The van der Waals surface area contributed by atoms with E-state index in [9.17, 15) is 4.79 Å². The van der Waals surface area contributed by atoms with Gasteiger partial charge in [0.2, 0.25) is 0 Å². The first kappa shape index (κ1) is 15.1. The second-order valence-electron chi connectivity index (χ2n) is 5.84. The Morgan fingerprint density at radius 2 is 1.96 bits per heavy atom. The van der Waals surface area contributed by atoms with Gasteiger partial charge in [0.05, 0.1) is 12.5 Å². The normalized spacial score (nSPS) is 11.0. The van der Waals surface area contributed by atoms with Gasteiger partial charge in [0.1, 0.15) is 11.3 Å². The van der Waals surface area contributed by atoms with Crippen molar-refractivity contribution in [1.29, 1.82) is 0 Å². The van der Waals surface area contributed by atoms with Crippen molar-refractivity contribution >= 4 is 17.2 Å². The molecule has 6 heteroatoms. The van der Waals surface area contributed by atoms with Crippen molar-refractivity contribution in [3.8, 4) is 11.3 Å². The van der Waals surface area contributed by atoms with Crippen LogP contribution < -0.4 is 5.32 Å². The molecule has 0 bridgehead atoms. The minimum atomic E-state index is -0.238. The van der Waals surface area contributed by atoms with Gasteiger partial charge in [0.15, 0.2) is 5.65 Å². The van der Waals surface area contributed by atoms with E-state index in [0.717, 1.165) is 22.7 Å². The summed E-state index contributed by atoms with van der Waals surface area (Å²) >= 11 is 0. The molecule has 0 saturated heterocycles. The first-order valence-electron chi connectivity index (χ1n) is 7.89. The highest BCUT2D eigenvalue weighted by molar-refractivity contribution is 6.08. The average Bonchev–Trinajstić information content (AvgIpc) is 3.25. The summed E-state index contributed by atoms with van der Waals surface area (Å²) in [6, 6.07) is 13.1. The van der Waals surface area contributed by atoms with Gasteiger partial charge >= 0.3 is 0 Å². The van der Waals surface area contributed by atoms with Crippen molar-refractivity contribution in [3.63, 3.8) is 0 Å². The van der Waals surface area contributed by atoms with Crippen LogP contribution in [0.3, 0.4) is 0 Å². The zero-order chi connectivity index (χ0) is 17.4. The quantitative estimate of drug-likeness (QED) is 0.618. The third kappa shape index (κ3) is 2.78. The smallest absolute Gasteiger partial charge is 0.261 e. The lowest BCUT2D eigenvalue weighted by molar-refractivity contribution is 0.102. The Morgan fingerprint density at radius 3 is 2.68 bits per heavy atom. The minimum absolute atomic E-state index is 0.238. The van der Waals surface area contributed by atoms with Crippen molar-refractivity contribution in [3.05, 3.63) is 71.9 Å². The number of hydrogen-bond acceptors (Lipinski definition) is 4. The van der Waals surface area contributed by atoms with Crippen molar-refractivity contribution in [2.45, 2.75) is 13.8 Å². The third-order valence-electron chi connectivity index (χ3n) is 3.97. The number of carbonyl (C=O) groups is 1. The first-order valence-corrected chi connectivity index (χ1v) is 7.89. The predicted molar refractivity (Wildman–Crippen MR) is 94.6 cm³/mol. The zero-order valence-corrected chi connectivity index (χ0v) is 13.9. The van der Waals surface area contributed by atoms with Gasteiger partial charge in [-0.2, -0.15) is 5.10 Å². The number of carbonyl (C=O) groups excluding carboxylic acids is 1. The van der Waals surface area contributed by atoms with Gasteiger partial charge < -0.3 is 9.73 Å². The number of nitrogens with zero attached hydrogens (tertiary/aromatic N) is 3. The number of furan rings is 1. The summed E-state index contributed by atoms with van der Waals surface area (Å²) in [5.41, 5.74) is 4.44. The van der Waals surface area contributed by atoms with Crippen LogP contribution in [0.5, 0.6) is 0 Å². The van der Waals surface area contributed by atoms with E-state index < -0.39 is 0 Å². The van der Waals surface area contributed by atoms with Crippen molar-refractivity contribution in [2.24, 2.45) is 0 Å². The molecule has 0 aliphatic rings. The maximum Gasteiger partial charge on any atom is 0.261 e. The van der Waals surface area contributed by atoms with E-state index in [2.05, 4.69) is 15.4 Å². The van der Waals surface area contributed by atoms with Crippen LogP contribution in [0.15, 0.2) is 59.3 Å². The van der Waals surface area contributed by atoms with E-state index >= 15 is 0 Å². The minimum Gasteiger partial charge on any atom is -0.464 e. The second kappa shape index (κ2) is 5.90. The number of nitrogens with one attached hydrogen (secondary N) is 1. The molecular weight excluding hydrogens is 316 g/mol. The second-order valence-corrected chi connectivity index (χ2v) is 5.84. The Balaban J connectivity index is 1.60. The number of fused-ring (bicyclic) bond motifs is 1. The van der Waals surface area contributed by atoms with Crippen molar-refractivity contribution < 1.29 is 9.21 Å². The molecule has 0 fully saturated rings. The number of rotatable bonds is 3. The van der Waals surface area contributed by atoms with Crippen LogP contribution in [0.1, 0.15) is 21.7 Å². The van der Waals surface area contributed by atoms with Gasteiger partial charge in [-0.25, -0.2) is 9.50 Å². The molecule has 0 radical (unpaired) electrons. The summed E-state index contributed by atoms with van der Waals surface area (Å²) in [6.45, 7) is 3.83. The molecule has 0 saturated carbocycles. The first-order chi connectivity index (χ1) is 12.1. The lowest BCUT2D eigenvalue weighted by Crippen LogP contribution is -2.12. The topological polar surface area (TPSA) is 72.4 Å². The molecule has 1 aromatic carbocycles. The van der Waals surface area contributed by atoms with Crippen molar-refractivity contribution in [1.82, 2.24) is 14.6 Å². The largest absolute Gasteiger partial charge is 0.464 e. The van der Waals surface area contributed by atoms with Gasteiger partial charge in [0.25, 0.3) is 5.91 Å². The molecule has 0 atom stereocenters. The molecule has 0 unspecified atom stereocenters. The van der Waals surface area contributed by atoms with Crippen LogP contribution in [0.2, 0.25) is 0 Å². The van der Waals surface area contributed by atoms with Crippen LogP contribution in [0.4, 0.5) is 5.69 Å². The summed E-state index contributed by atoms with van der Waals surface area (Å²) in [5, 5.41) is 7.14. The molecule has 25 heavy (non-hydrogen) atoms. The Bertz CT molecular complexity index is 1050.